The first-order valence-electron chi connectivity index (χ1n) is 9.73. The van der Waals surface area contributed by atoms with Gasteiger partial charge in [-0.1, -0.05) is 36.0 Å². The molecule has 0 saturated carbocycles. The zero-order chi connectivity index (χ0) is 21.1. The van der Waals surface area contributed by atoms with Crippen LogP contribution in [-0.2, 0) is 6.54 Å². The molecule has 1 aromatic carbocycles. The van der Waals surface area contributed by atoms with Crippen molar-refractivity contribution in [1.82, 2.24) is 30.0 Å². The molecule has 9 heteroatoms. The van der Waals surface area contributed by atoms with Crippen molar-refractivity contribution in [3.05, 3.63) is 48.3 Å². The highest BCUT2D eigenvalue weighted by Crippen LogP contribution is 2.23. The first-order valence-corrected chi connectivity index (χ1v) is 11.0. The van der Waals surface area contributed by atoms with Crippen molar-refractivity contribution >= 4 is 45.4 Å². The monoisotopic (exact) mass is 421 g/mol. The first kappa shape index (κ1) is 20.1. The number of nitrogens with zero attached hydrogens (tertiary/aromatic N) is 5. The smallest absolute Gasteiger partial charge is 0.269 e. The highest BCUT2D eigenvalue weighted by Gasteiger charge is 2.14. The minimum atomic E-state index is -0.209. The lowest BCUT2D eigenvalue weighted by molar-refractivity contribution is 0.0947. The third kappa shape index (κ3) is 4.20. The van der Waals surface area contributed by atoms with E-state index in [0.29, 0.717) is 23.9 Å². The van der Waals surface area contributed by atoms with Crippen LogP contribution in [0.2, 0.25) is 0 Å². The molecule has 0 atom stereocenters. The zero-order valence-corrected chi connectivity index (χ0v) is 17.9. The van der Waals surface area contributed by atoms with Gasteiger partial charge in [-0.3, -0.25) is 4.79 Å². The summed E-state index contributed by atoms with van der Waals surface area (Å²) in [6.07, 6.45) is 3.70. The number of pyridine rings is 1. The zero-order valence-electron chi connectivity index (χ0n) is 17.1. The Kier molecular flexibility index (Phi) is 5.80. The minimum absolute atomic E-state index is 0.209. The quantitative estimate of drug-likeness (QED) is 0.349. The SMILES string of the molecule is CSc1nc(NC(C)C)c2cnn(CCNC(=O)c3ccc4ccccc4n3)c2n1. The minimum Gasteiger partial charge on any atom is -0.367 e. The van der Waals surface area contributed by atoms with Crippen LogP contribution < -0.4 is 10.6 Å². The van der Waals surface area contributed by atoms with E-state index in [1.165, 1.54) is 11.8 Å². The second-order valence-electron chi connectivity index (χ2n) is 7.11. The summed E-state index contributed by atoms with van der Waals surface area (Å²) in [5.41, 5.74) is 1.94. The lowest BCUT2D eigenvalue weighted by atomic mass is 10.2. The number of nitrogens with one attached hydrogen (secondary N) is 2. The van der Waals surface area contributed by atoms with Gasteiger partial charge in [-0.2, -0.15) is 5.10 Å². The van der Waals surface area contributed by atoms with Gasteiger partial charge >= 0.3 is 0 Å². The van der Waals surface area contributed by atoms with Crippen LogP contribution in [0.3, 0.4) is 0 Å². The Balaban J connectivity index is 1.48. The maximum Gasteiger partial charge on any atom is 0.269 e. The molecular weight excluding hydrogens is 398 g/mol. The first-order chi connectivity index (χ1) is 14.5. The van der Waals surface area contributed by atoms with E-state index in [1.807, 2.05) is 36.6 Å². The van der Waals surface area contributed by atoms with Gasteiger partial charge in [0.1, 0.15) is 11.5 Å². The number of carbonyl (C=O) groups excluding carboxylic acids is 1. The molecule has 8 nitrogen and oxygen atoms in total. The molecule has 0 fully saturated rings. The largest absolute Gasteiger partial charge is 0.367 e. The summed E-state index contributed by atoms with van der Waals surface area (Å²) < 4.78 is 1.79. The summed E-state index contributed by atoms with van der Waals surface area (Å²) in [7, 11) is 0. The predicted molar refractivity (Wildman–Crippen MR) is 120 cm³/mol. The van der Waals surface area contributed by atoms with Crippen molar-refractivity contribution in [2.45, 2.75) is 31.6 Å². The number of benzene rings is 1. The van der Waals surface area contributed by atoms with Gasteiger partial charge in [0.2, 0.25) is 0 Å². The summed E-state index contributed by atoms with van der Waals surface area (Å²) in [6, 6.07) is 11.6. The Labute approximate surface area is 178 Å². The van der Waals surface area contributed by atoms with Crippen LogP contribution in [0.4, 0.5) is 5.82 Å². The molecule has 0 saturated heterocycles. The van der Waals surface area contributed by atoms with Gasteiger partial charge in [-0.15, -0.1) is 0 Å². The van der Waals surface area contributed by atoms with E-state index in [-0.39, 0.29) is 11.9 Å². The van der Waals surface area contributed by atoms with Gasteiger partial charge in [-0.25, -0.2) is 19.6 Å². The Morgan fingerprint density at radius 3 is 2.77 bits per heavy atom. The van der Waals surface area contributed by atoms with Gasteiger partial charge in [0.25, 0.3) is 5.91 Å². The average molecular weight is 422 g/mol. The van der Waals surface area contributed by atoms with Crippen LogP contribution in [0, 0.1) is 0 Å². The van der Waals surface area contributed by atoms with E-state index in [0.717, 1.165) is 27.8 Å². The van der Waals surface area contributed by atoms with Gasteiger partial charge in [0.05, 0.1) is 23.6 Å². The predicted octanol–water partition coefficient (Wildman–Crippen LogP) is 3.35. The summed E-state index contributed by atoms with van der Waals surface area (Å²) in [6.45, 7) is 5.03. The van der Waals surface area contributed by atoms with Crippen LogP contribution in [0.5, 0.6) is 0 Å². The highest BCUT2D eigenvalue weighted by molar-refractivity contribution is 7.98. The number of hydrogen-bond donors (Lipinski definition) is 2. The third-order valence-corrected chi connectivity index (χ3v) is 5.07. The number of rotatable bonds is 7. The Morgan fingerprint density at radius 1 is 1.13 bits per heavy atom. The van der Waals surface area contributed by atoms with Gasteiger partial charge in [0.15, 0.2) is 10.8 Å². The Morgan fingerprint density at radius 2 is 1.97 bits per heavy atom. The topological polar surface area (TPSA) is 97.6 Å². The fourth-order valence-corrected chi connectivity index (χ4v) is 3.49. The summed E-state index contributed by atoms with van der Waals surface area (Å²) in [5.74, 6) is 0.564. The fourth-order valence-electron chi connectivity index (χ4n) is 3.13. The third-order valence-electron chi connectivity index (χ3n) is 4.52. The molecule has 0 aliphatic heterocycles. The number of thioether (sulfide) groups is 1. The molecule has 4 aromatic rings. The van der Waals surface area contributed by atoms with E-state index >= 15 is 0 Å². The number of fused-ring (bicyclic) bond motifs is 2. The van der Waals surface area contributed by atoms with Crippen LogP contribution in [0.1, 0.15) is 24.3 Å². The molecule has 0 unspecified atom stereocenters. The maximum atomic E-state index is 12.5. The van der Waals surface area contributed by atoms with E-state index in [1.54, 1.807) is 16.9 Å². The van der Waals surface area contributed by atoms with Crippen LogP contribution >= 0.6 is 11.8 Å². The van der Waals surface area contributed by atoms with Crippen molar-refractivity contribution < 1.29 is 4.79 Å². The lowest BCUT2D eigenvalue weighted by Crippen LogP contribution is -2.28. The second-order valence-corrected chi connectivity index (χ2v) is 7.88. The van der Waals surface area contributed by atoms with Crippen molar-refractivity contribution in [2.24, 2.45) is 0 Å². The molecule has 0 aliphatic carbocycles. The molecule has 30 heavy (non-hydrogen) atoms. The lowest BCUT2D eigenvalue weighted by Gasteiger charge is -2.11. The Hall–Kier alpha value is -3.20. The van der Waals surface area contributed by atoms with Crippen LogP contribution in [-0.4, -0.2) is 49.5 Å². The molecule has 0 bridgehead atoms. The van der Waals surface area contributed by atoms with Gasteiger partial charge in [-0.05, 0) is 32.2 Å². The molecule has 3 heterocycles. The molecule has 4 rings (SSSR count). The fraction of sp³-hybridized carbons (Fsp3) is 0.286. The highest BCUT2D eigenvalue weighted by atomic mass is 32.2. The van der Waals surface area contributed by atoms with Gasteiger partial charge in [0, 0.05) is 18.0 Å². The second kappa shape index (κ2) is 8.66. The summed E-state index contributed by atoms with van der Waals surface area (Å²) in [5, 5.41) is 13.3. The molecule has 154 valence electrons. The van der Waals surface area contributed by atoms with Crippen molar-refractivity contribution in [3.8, 4) is 0 Å². The number of amides is 1. The van der Waals surface area contributed by atoms with Crippen LogP contribution in [0.15, 0.2) is 47.8 Å². The van der Waals surface area contributed by atoms with E-state index in [2.05, 4.69) is 44.5 Å². The summed E-state index contributed by atoms with van der Waals surface area (Å²) >= 11 is 1.48. The molecule has 0 radical (unpaired) electrons. The normalized spacial score (nSPS) is 11.3. The van der Waals surface area contributed by atoms with Crippen LogP contribution in [0.25, 0.3) is 21.9 Å². The van der Waals surface area contributed by atoms with Crippen molar-refractivity contribution in [3.63, 3.8) is 0 Å². The molecular formula is C21H23N7OS. The number of para-hydroxylation sites is 1. The van der Waals surface area contributed by atoms with E-state index < -0.39 is 0 Å². The molecule has 0 spiro atoms. The van der Waals surface area contributed by atoms with E-state index in [4.69, 9.17) is 0 Å². The standard InChI is InChI=1S/C21H23N7OS/c1-13(2)24-18-15-12-23-28(19(15)27-21(26-18)30-3)11-10-22-20(29)17-9-8-14-6-4-5-7-16(14)25-17/h4-9,12-13H,10-11H2,1-3H3,(H,22,29)(H,24,26,27). The molecule has 2 N–H and O–H groups in total. The average Bonchev–Trinajstić information content (AvgIpc) is 3.16. The van der Waals surface area contributed by atoms with Crippen molar-refractivity contribution in [2.75, 3.05) is 18.1 Å². The Bertz CT molecular complexity index is 1200. The van der Waals surface area contributed by atoms with E-state index in [9.17, 15) is 4.79 Å². The molecule has 3 aromatic heterocycles. The number of hydrogen-bond acceptors (Lipinski definition) is 7. The molecule has 0 aliphatic rings. The maximum absolute atomic E-state index is 12.5. The number of anilines is 1. The number of aromatic nitrogens is 5. The van der Waals surface area contributed by atoms with Crippen molar-refractivity contribution in [1.29, 1.82) is 0 Å². The summed E-state index contributed by atoms with van der Waals surface area (Å²) in [4.78, 5) is 26.1. The van der Waals surface area contributed by atoms with Gasteiger partial charge < -0.3 is 10.6 Å². The molecule has 1 amide bonds. The number of carbonyl (C=O) groups is 1.